The van der Waals surface area contributed by atoms with Crippen LogP contribution in [-0.2, 0) is 0 Å². The summed E-state index contributed by atoms with van der Waals surface area (Å²) < 4.78 is 5.43. The SMILES string of the molecule is CCOc1ccc(C(=O)C(C)NC2CCCCCCC2)cc1N. The molecule has 0 spiro atoms. The lowest BCUT2D eigenvalue weighted by Gasteiger charge is -2.24. The first kappa shape index (κ1) is 17.8. The number of rotatable bonds is 6. The molecule has 128 valence electrons. The van der Waals surface area contributed by atoms with Crippen molar-refractivity contribution < 1.29 is 9.53 Å². The summed E-state index contributed by atoms with van der Waals surface area (Å²) in [4.78, 5) is 12.6. The Balaban J connectivity index is 1.96. The van der Waals surface area contributed by atoms with Crippen LogP contribution in [0.5, 0.6) is 5.75 Å². The minimum Gasteiger partial charge on any atom is -0.492 e. The number of Topliss-reactive ketones (excluding diaryl/α,β-unsaturated/α-hetero) is 1. The summed E-state index contributed by atoms with van der Waals surface area (Å²) in [6, 6.07) is 5.59. The highest BCUT2D eigenvalue weighted by atomic mass is 16.5. The van der Waals surface area contributed by atoms with E-state index in [9.17, 15) is 4.79 Å². The number of nitrogens with two attached hydrogens (primary N) is 1. The van der Waals surface area contributed by atoms with Crippen LogP contribution in [0, 0.1) is 0 Å². The first-order valence-electron chi connectivity index (χ1n) is 8.94. The molecular formula is C19H30N2O2. The predicted molar refractivity (Wildman–Crippen MR) is 95.1 cm³/mol. The second kappa shape index (κ2) is 8.92. The summed E-state index contributed by atoms with van der Waals surface area (Å²) in [7, 11) is 0. The van der Waals surface area contributed by atoms with Crippen LogP contribution in [0.1, 0.15) is 69.2 Å². The molecule has 0 aliphatic heterocycles. The van der Waals surface area contributed by atoms with Crippen LogP contribution in [0.4, 0.5) is 5.69 Å². The van der Waals surface area contributed by atoms with E-state index >= 15 is 0 Å². The van der Waals surface area contributed by atoms with E-state index in [2.05, 4.69) is 5.32 Å². The lowest BCUT2D eigenvalue weighted by Crippen LogP contribution is -2.41. The third kappa shape index (κ3) is 5.24. The lowest BCUT2D eigenvalue weighted by atomic mass is 9.95. The van der Waals surface area contributed by atoms with Gasteiger partial charge in [0.25, 0.3) is 0 Å². The molecule has 4 nitrogen and oxygen atoms in total. The zero-order chi connectivity index (χ0) is 16.7. The Labute approximate surface area is 139 Å². The quantitative estimate of drug-likeness (QED) is 0.616. The van der Waals surface area contributed by atoms with Gasteiger partial charge in [0, 0.05) is 11.6 Å². The Morgan fingerprint density at radius 2 is 1.91 bits per heavy atom. The average Bonchev–Trinajstić information content (AvgIpc) is 2.51. The lowest BCUT2D eigenvalue weighted by molar-refractivity contribution is 0.0941. The van der Waals surface area contributed by atoms with Gasteiger partial charge < -0.3 is 15.8 Å². The third-order valence-electron chi connectivity index (χ3n) is 4.58. The van der Waals surface area contributed by atoms with Crippen molar-refractivity contribution in [1.82, 2.24) is 5.32 Å². The molecule has 1 saturated carbocycles. The number of ketones is 1. The Bertz CT molecular complexity index is 508. The molecule has 1 atom stereocenters. The highest BCUT2D eigenvalue weighted by Crippen LogP contribution is 2.23. The van der Waals surface area contributed by atoms with Crippen molar-refractivity contribution in [1.29, 1.82) is 0 Å². The summed E-state index contributed by atoms with van der Waals surface area (Å²) in [5.74, 6) is 0.742. The molecule has 1 fully saturated rings. The van der Waals surface area contributed by atoms with E-state index in [1.165, 1.54) is 44.9 Å². The van der Waals surface area contributed by atoms with Gasteiger partial charge in [-0.1, -0.05) is 32.1 Å². The Morgan fingerprint density at radius 1 is 1.26 bits per heavy atom. The van der Waals surface area contributed by atoms with E-state index in [1.54, 1.807) is 18.2 Å². The van der Waals surface area contributed by atoms with Crippen molar-refractivity contribution in [3.05, 3.63) is 23.8 Å². The van der Waals surface area contributed by atoms with Crippen LogP contribution in [-0.4, -0.2) is 24.5 Å². The minimum absolute atomic E-state index is 0.0989. The Hall–Kier alpha value is -1.55. The summed E-state index contributed by atoms with van der Waals surface area (Å²) >= 11 is 0. The molecule has 1 aliphatic carbocycles. The van der Waals surface area contributed by atoms with Gasteiger partial charge in [0.1, 0.15) is 5.75 Å². The minimum atomic E-state index is -0.184. The average molecular weight is 318 g/mol. The molecule has 1 unspecified atom stereocenters. The van der Waals surface area contributed by atoms with Crippen molar-refractivity contribution in [2.45, 2.75) is 70.9 Å². The monoisotopic (exact) mass is 318 g/mol. The number of nitrogen functional groups attached to an aromatic ring is 1. The van der Waals surface area contributed by atoms with Crippen LogP contribution in [0.3, 0.4) is 0 Å². The fourth-order valence-electron chi connectivity index (χ4n) is 3.29. The van der Waals surface area contributed by atoms with Gasteiger partial charge in [0.15, 0.2) is 5.78 Å². The maximum Gasteiger partial charge on any atom is 0.179 e. The molecule has 3 N–H and O–H groups in total. The smallest absolute Gasteiger partial charge is 0.179 e. The van der Waals surface area contributed by atoms with Crippen LogP contribution in [0.15, 0.2) is 18.2 Å². The van der Waals surface area contributed by atoms with E-state index in [4.69, 9.17) is 10.5 Å². The highest BCUT2D eigenvalue weighted by Gasteiger charge is 2.20. The zero-order valence-electron chi connectivity index (χ0n) is 14.4. The number of hydrogen-bond acceptors (Lipinski definition) is 4. The molecule has 0 aromatic heterocycles. The molecular weight excluding hydrogens is 288 g/mol. The predicted octanol–water partition coefficient (Wildman–Crippen LogP) is 3.94. The van der Waals surface area contributed by atoms with E-state index in [-0.39, 0.29) is 11.8 Å². The second-order valence-corrected chi connectivity index (χ2v) is 6.48. The van der Waals surface area contributed by atoms with Crippen molar-refractivity contribution in [2.24, 2.45) is 0 Å². The van der Waals surface area contributed by atoms with Crippen molar-refractivity contribution in [3.63, 3.8) is 0 Å². The Morgan fingerprint density at radius 3 is 2.52 bits per heavy atom. The van der Waals surface area contributed by atoms with E-state index in [1.807, 2.05) is 13.8 Å². The van der Waals surface area contributed by atoms with Gasteiger partial charge in [0.2, 0.25) is 0 Å². The van der Waals surface area contributed by atoms with E-state index in [0.717, 1.165) is 0 Å². The molecule has 0 saturated heterocycles. The van der Waals surface area contributed by atoms with Gasteiger partial charge in [0.05, 0.1) is 18.3 Å². The number of ether oxygens (including phenoxy) is 1. The van der Waals surface area contributed by atoms with Crippen molar-refractivity contribution >= 4 is 11.5 Å². The largest absolute Gasteiger partial charge is 0.492 e. The summed E-state index contributed by atoms with van der Waals surface area (Å²) in [5.41, 5.74) is 7.14. The third-order valence-corrected chi connectivity index (χ3v) is 4.58. The van der Waals surface area contributed by atoms with Gasteiger partial charge in [-0.25, -0.2) is 0 Å². The topological polar surface area (TPSA) is 64.3 Å². The zero-order valence-corrected chi connectivity index (χ0v) is 14.4. The molecule has 0 heterocycles. The summed E-state index contributed by atoms with van der Waals surface area (Å²) in [6.45, 7) is 4.43. The normalized spacial score (nSPS) is 18.0. The fraction of sp³-hybridized carbons (Fsp3) is 0.632. The number of anilines is 1. The van der Waals surface area contributed by atoms with Gasteiger partial charge in [-0.2, -0.15) is 0 Å². The highest BCUT2D eigenvalue weighted by molar-refractivity contribution is 6.00. The molecule has 2 rings (SSSR count). The molecule has 0 bridgehead atoms. The van der Waals surface area contributed by atoms with Crippen molar-refractivity contribution in [2.75, 3.05) is 12.3 Å². The van der Waals surface area contributed by atoms with Crippen LogP contribution in [0.25, 0.3) is 0 Å². The molecule has 1 aliphatic rings. The number of nitrogens with one attached hydrogen (secondary N) is 1. The molecule has 23 heavy (non-hydrogen) atoms. The van der Waals surface area contributed by atoms with Crippen LogP contribution < -0.4 is 15.8 Å². The number of hydrogen-bond donors (Lipinski definition) is 2. The Kier molecular flexibility index (Phi) is 6.90. The maximum absolute atomic E-state index is 12.6. The summed E-state index contributed by atoms with van der Waals surface area (Å²) in [6.07, 6.45) is 8.84. The molecule has 0 radical (unpaired) electrons. The van der Waals surface area contributed by atoms with E-state index in [0.29, 0.717) is 29.6 Å². The van der Waals surface area contributed by atoms with Crippen LogP contribution in [0.2, 0.25) is 0 Å². The number of benzene rings is 1. The molecule has 4 heteroatoms. The fourth-order valence-corrected chi connectivity index (χ4v) is 3.29. The van der Waals surface area contributed by atoms with Gasteiger partial charge in [-0.15, -0.1) is 0 Å². The first-order valence-corrected chi connectivity index (χ1v) is 8.94. The second-order valence-electron chi connectivity index (χ2n) is 6.48. The molecule has 1 aromatic carbocycles. The van der Waals surface area contributed by atoms with E-state index < -0.39 is 0 Å². The maximum atomic E-state index is 12.6. The van der Waals surface area contributed by atoms with Gasteiger partial charge >= 0.3 is 0 Å². The van der Waals surface area contributed by atoms with Crippen molar-refractivity contribution in [3.8, 4) is 5.75 Å². The molecule has 0 amide bonds. The standard InChI is InChI=1S/C19H30N2O2/c1-3-23-18-12-11-15(13-17(18)20)19(22)14(2)21-16-9-7-5-4-6-8-10-16/h11-14,16,21H,3-10,20H2,1-2H3. The number of carbonyl (C=O) groups excluding carboxylic acids is 1. The van der Waals surface area contributed by atoms with Gasteiger partial charge in [-0.05, 0) is 44.9 Å². The van der Waals surface area contributed by atoms with Gasteiger partial charge in [-0.3, -0.25) is 4.79 Å². The molecule has 1 aromatic rings. The number of carbonyl (C=O) groups is 1. The van der Waals surface area contributed by atoms with Crippen LogP contribution >= 0.6 is 0 Å². The first-order chi connectivity index (χ1) is 11.1. The summed E-state index contributed by atoms with van der Waals surface area (Å²) in [5, 5.41) is 3.52.